The van der Waals surface area contributed by atoms with Crippen LogP contribution >= 0.6 is 15.9 Å². The second-order valence-electron chi connectivity index (χ2n) is 4.65. The van der Waals surface area contributed by atoms with Crippen LogP contribution in [0.5, 0.6) is 0 Å². The van der Waals surface area contributed by atoms with Crippen LogP contribution < -0.4 is 0 Å². The Morgan fingerprint density at radius 2 is 2.16 bits per heavy atom. The summed E-state index contributed by atoms with van der Waals surface area (Å²) in [5.41, 5.74) is 1.92. The lowest BCUT2D eigenvalue weighted by atomic mass is 10.1. The third-order valence-electron chi connectivity index (χ3n) is 3.24. The molecular formula is C12H13BrFNO3S. The van der Waals surface area contributed by atoms with Gasteiger partial charge in [0.15, 0.2) is 0 Å². The van der Waals surface area contributed by atoms with Gasteiger partial charge in [-0.2, -0.15) is 8.42 Å². The Balaban J connectivity index is 2.14. The Morgan fingerprint density at radius 1 is 1.47 bits per heavy atom. The van der Waals surface area contributed by atoms with E-state index in [4.69, 9.17) is 0 Å². The summed E-state index contributed by atoms with van der Waals surface area (Å²) >= 11 is 3.35. The van der Waals surface area contributed by atoms with Gasteiger partial charge in [-0.25, -0.2) is 0 Å². The molecule has 1 unspecified atom stereocenters. The molecule has 1 fully saturated rings. The highest BCUT2D eigenvalue weighted by molar-refractivity contribution is 9.10. The number of carbonyl (C=O) groups is 1. The molecule has 0 radical (unpaired) electrons. The maximum atomic E-state index is 12.9. The van der Waals surface area contributed by atoms with Crippen molar-refractivity contribution in [1.29, 1.82) is 0 Å². The highest BCUT2D eigenvalue weighted by atomic mass is 79.9. The molecule has 104 valence electrons. The molecule has 1 amide bonds. The zero-order valence-electron chi connectivity index (χ0n) is 10.3. The summed E-state index contributed by atoms with van der Waals surface area (Å²) in [6.45, 7) is 2.14. The van der Waals surface area contributed by atoms with Crippen LogP contribution in [-0.2, 0) is 21.6 Å². The van der Waals surface area contributed by atoms with E-state index in [9.17, 15) is 17.1 Å². The average molecular weight is 350 g/mol. The van der Waals surface area contributed by atoms with Gasteiger partial charge in [0.2, 0.25) is 5.91 Å². The molecule has 1 aliphatic rings. The number of hydrogen-bond donors (Lipinski definition) is 0. The van der Waals surface area contributed by atoms with Gasteiger partial charge >= 0.3 is 10.2 Å². The van der Waals surface area contributed by atoms with Gasteiger partial charge in [0, 0.05) is 24.0 Å². The van der Waals surface area contributed by atoms with E-state index in [0.29, 0.717) is 6.54 Å². The van der Waals surface area contributed by atoms with Crippen LogP contribution in [-0.4, -0.2) is 31.0 Å². The molecule has 1 saturated heterocycles. The Hall–Kier alpha value is -0.950. The van der Waals surface area contributed by atoms with E-state index < -0.39 is 15.5 Å². The third-order valence-corrected chi connectivity index (χ3v) is 4.85. The Morgan fingerprint density at radius 3 is 2.68 bits per heavy atom. The number of likely N-dealkylation sites (tertiary alicyclic amines) is 1. The lowest BCUT2D eigenvalue weighted by Gasteiger charge is -2.17. The van der Waals surface area contributed by atoms with E-state index >= 15 is 0 Å². The first-order chi connectivity index (χ1) is 8.77. The van der Waals surface area contributed by atoms with Gasteiger partial charge in [-0.1, -0.05) is 22.0 Å². The fraction of sp³-hybridized carbons (Fsp3) is 0.417. The van der Waals surface area contributed by atoms with Crippen LogP contribution in [0.25, 0.3) is 0 Å². The molecule has 1 aromatic rings. The highest BCUT2D eigenvalue weighted by Crippen LogP contribution is 2.23. The normalized spacial score (nSPS) is 20.1. The number of amides is 1. The summed E-state index contributed by atoms with van der Waals surface area (Å²) in [5.74, 6) is -0.325. The average Bonchev–Trinajstić information content (AvgIpc) is 2.64. The van der Waals surface area contributed by atoms with Crippen molar-refractivity contribution in [2.75, 3.05) is 6.54 Å². The predicted molar refractivity (Wildman–Crippen MR) is 72.7 cm³/mol. The first-order valence-electron chi connectivity index (χ1n) is 5.73. The molecule has 2 rings (SSSR count). The molecule has 7 heteroatoms. The molecule has 1 aromatic carbocycles. The van der Waals surface area contributed by atoms with Crippen LogP contribution in [0.4, 0.5) is 3.89 Å². The van der Waals surface area contributed by atoms with E-state index in [1.165, 1.54) is 4.90 Å². The molecule has 0 aliphatic carbocycles. The first-order valence-corrected chi connectivity index (χ1v) is 7.97. The second-order valence-corrected chi connectivity index (χ2v) is 7.18. The van der Waals surface area contributed by atoms with Crippen molar-refractivity contribution >= 4 is 32.1 Å². The minimum Gasteiger partial charge on any atom is -0.337 e. The molecule has 0 spiro atoms. The molecule has 0 aromatic heterocycles. The molecular weight excluding hydrogens is 337 g/mol. The smallest absolute Gasteiger partial charge is 0.307 e. The van der Waals surface area contributed by atoms with Gasteiger partial charge in [0.1, 0.15) is 5.25 Å². The summed E-state index contributed by atoms with van der Waals surface area (Å²) < 4.78 is 35.5. The number of halogens is 2. The van der Waals surface area contributed by atoms with Crippen LogP contribution in [0.2, 0.25) is 0 Å². The van der Waals surface area contributed by atoms with Crippen LogP contribution in [0.3, 0.4) is 0 Å². The zero-order valence-corrected chi connectivity index (χ0v) is 12.7. The standard InChI is InChI=1S/C12H13BrFNO3S/c1-8-4-10(13)3-2-9(8)6-15-7-11(5-12(15)16)19(14,17)18/h2-4,11H,5-7H2,1H3. The van der Waals surface area contributed by atoms with Crippen molar-refractivity contribution in [3.8, 4) is 0 Å². The Bertz CT molecular complexity index is 617. The maximum Gasteiger partial charge on any atom is 0.307 e. The van der Waals surface area contributed by atoms with Gasteiger partial charge in [-0.3, -0.25) is 4.79 Å². The Kier molecular flexibility index (Phi) is 3.96. The SMILES string of the molecule is Cc1cc(Br)ccc1CN1CC(S(=O)(=O)F)CC1=O. The largest absolute Gasteiger partial charge is 0.337 e. The fourth-order valence-corrected chi connectivity index (χ4v) is 3.29. The van der Waals surface area contributed by atoms with Crippen molar-refractivity contribution in [3.63, 3.8) is 0 Å². The Labute approximate surface area is 119 Å². The van der Waals surface area contributed by atoms with Gasteiger partial charge in [-0.05, 0) is 30.2 Å². The third kappa shape index (κ3) is 3.33. The molecule has 0 N–H and O–H groups in total. The molecule has 1 atom stereocenters. The van der Waals surface area contributed by atoms with Crippen LogP contribution in [0.15, 0.2) is 22.7 Å². The van der Waals surface area contributed by atoms with Crippen molar-refractivity contribution in [2.45, 2.75) is 25.1 Å². The monoisotopic (exact) mass is 349 g/mol. The summed E-state index contributed by atoms with van der Waals surface area (Å²) in [4.78, 5) is 13.1. The van der Waals surface area contributed by atoms with Crippen molar-refractivity contribution in [1.82, 2.24) is 4.90 Å². The maximum absolute atomic E-state index is 12.9. The van der Waals surface area contributed by atoms with Crippen molar-refractivity contribution in [2.24, 2.45) is 0 Å². The fourth-order valence-electron chi connectivity index (χ4n) is 2.12. The second kappa shape index (κ2) is 5.20. The summed E-state index contributed by atoms with van der Waals surface area (Å²) in [7, 11) is -4.65. The highest BCUT2D eigenvalue weighted by Gasteiger charge is 2.38. The number of nitrogens with zero attached hydrogens (tertiary/aromatic N) is 1. The summed E-state index contributed by atoms with van der Waals surface area (Å²) in [5, 5.41) is -1.23. The van der Waals surface area contributed by atoms with E-state index in [-0.39, 0.29) is 18.9 Å². The van der Waals surface area contributed by atoms with Crippen molar-refractivity contribution < 1.29 is 17.1 Å². The number of benzene rings is 1. The van der Waals surface area contributed by atoms with Gasteiger partial charge in [0.25, 0.3) is 0 Å². The van der Waals surface area contributed by atoms with E-state index in [1.807, 2.05) is 25.1 Å². The molecule has 4 nitrogen and oxygen atoms in total. The number of aryl methyl sites for hydroxylation is 1. The van der Waals surface area contributed by atoms with E-state index in [1.54, 1.807) is 0 Å². The van der Waals surface area contributed by atoms with Gasteiger partial charge in [-0.15, -0.1) is 3.89 Å². The summed E-state index contributed by atoms with van der Waals surface area (Å²) in [6, 6.07) is 5.63. The number of carbonyl (C=O) groups excluding carboxylic acids is 1. The molecule has 0 bridgehead atoms. The molecule has 1 aliphatic heterocycles. The van der Waals surface area contributed by atoms with E-state index in [0.717, 1.165) is 15.6 Å². The van der Waals surface area contributed by atoms with E-state index in [2.05, 4.69) is 15.9 Å². The number of hydrogen-bond acceptors (Lipinski definition) is 3. The number of rotatable bonds is 3. The minimum atomic E-state index is -4.65. The predicted octanol–water partition coefficient (Wildman–Crippen LogP) is 2.16. The molecule has 1 heterocycles. The first kappa shape index (κ1) is 14.5. The summed E-state index contributed by atoms with van der Waals surface area (Å²) in [6.07, 6.45) is -0.269. The van der Waals surface area contributed by atoms with Crippen LogP contribution in [0, 0.1) is 6.92 Å². The molecule has 19 heavy (non-hydrogen) atoms. The van der Waals surface area contributed by atoms with Crippen molar-refractivity contribution in [3.05, 3.63) is 33.8 Å². The quantitative estimate of drug-likeness (QED) is 0.785. The van der Waals surface area contributed by atoms with Gasteiger partial charge in [0.05, 0.1) is 0 Å². The lowest BCUT2D eigenvalue weighted by molar-refractivity contribution is -0.128. The van der Waals surface area contributed by atoms with Crippen LogP contribution in [0.1, 0.15) is 17.5 Å². The lowest BCUT2D eigenvalue weighted by Crippen LogP contribution is -2.27. The topological polar surface area (TPSA) is 54.5 Å². The van der Waals surface area contributed by atoms with Gasteiger partial charge < -0.3 is 4.90 Å². The minimum absolute atomic E-state index is 0.0762. The zero-order chi connectivity index (χ0) is 14.2. The molecule has 0 saturated carbocycles.